The van der Waals surface area contributed by atoms with Crippen LogP contribution >= 0.6 is 23.1 Å². The zero-order valence-electron chi connectivity index (χ0n) is 11.3. The van der Waals surface area contributed by atoms with E-state index in [4.69, 9.17) is 0 Å². The number of thioether (sulfide) groups is 1. The lowest BCUT2D eigenvalue weighted by atomic mass is 9.97. The first-order valence-electron chi connectivity index (χ1n) is 6.85. The number of nitrogens with zero attached hydrogens (tertiary/aromatic N) is 2. The molecular formula is C14H16N2O2S2. The number of hydrogen-bond donors (Lipinski definition) is 1. The highest BCUT2D eigenvalue weighted by Gasteiger charge is 2.23. The van der Waals surface area contributed by atoms with Crippen molar-refractivity contribution in [1.82, 2.24) is 9.97 Å². The summed E-state index contributed by atoms with van der Waals surface area (Å²) in [5, 5.41) is 10.7. The second-order valence-electron chi connectivity index (χ2n) is 4.92. The van der Waals surface area contributed by atoms with Crippen LogP contribution in [0.4, 0.5) is 0 Å². The van der Waals surface area contributed by atoms with Crippen molar-refractivity contribution >= 4 is 39.3 Å². The molecule has 3 rings (SSSR count). The molecule has 0 radical (unpaired) electrons. The number of carboxylic acid groups (broad SMARTS) is 1. The molecule has 0 bridgehead atoms. The maximum atomic E-state index is 11.2. The number of aryl methyl sites for hydroxylation is 2. The molecule has 0 unspecified atom stereocenters. The highest BCUT2D eigenvalue weighted by Crippen LogP contribution is 2.40. The van der Waals surface area contributed by atoms with Crippen LogP contribution in [0.2, 0.25) is 0 Å². The number of aliphatic carboxylic acids is 1. The second kappa shape index (κ2) is 5.69. The lowest BCUT2D eigenvalue weighted by molar-refractivity contribution is -0.136. The van der Waals surface area contributed by atoms with Gasteiger partial charge in [-0.15, -0.1) is 11.3 Å². The standard InChI is InChI=1S/C14H16N2O2S2/c1-2-9(14(17)18)19-12-11-8-5-3-4-6-10(8)20-13(11)16-7-15-12/h7,9H,2-6H2,1H3,(H,17,18)/t9-/m0/s1. The number of fused-ring (bicyclic) bond motifs is 3. The van der Waals surface area contributed by atoms with Gasteiger partial charge >= 0.3 is 5.97 Å². The molecule has 1 aliphatic carbocycles. The molecule has 20 heavy (non-hydrogen) atoms. The summed E-state index contributed by atoms with van der Waals surface area (Å²) in [6.45, 7) is 1.90. The number of thiophene rings is 1. The lowest BCUT2D eigenvalue weighted by Crippen LogP contribution is -2.15. The summed E-state index contributed by atoms with van der Waals surface area (Å²) in [5.41, 5.74) is 1.36. The fourth-order valence-corrected chi connectivity index (χ4v) is 4.87. The first kappa shape index (κ1) is 13.8. The van der Waals surface area contributed by atoms with E-state index in [0.29, 0.717) is 6.42 Å². The third kappa shape index (κ3) is 2.42. The fourth-order valence-electron chi connectivity index (χ4n) is 2.59. The molecule has 4 nitrogen and oxygen atoms in total. The predicted octanol–water partition coefficient (Wildman–Crippen LogP) is 3.53. The van der Waals surface area contributed by atoms with Crippen LogP contribution in [0.15, 0.2) is 11.4 Å². The van der Waals surface area contributed by atoms with Crippen molar-refractivity contribution in [3.05, 3.63) is 16.8 Å². The molecule has 0 fully saturated rings. The van der Waals surface area contributed by atoms with Gasteiger partial charge in [0.15, 0.2) is 0 Å². The molecule has 1 aliphatic rings. The normalized spacial score (nSPS) is 16.1. The third-order valence-corrected chi connectivity index (χ3v) is 6.17. The highest BCUT2D eigenvalue weighted by molar-refractivity contribution is 8.00. The summed E-state index contributed by atoms with van der Waals surface area (Å²) < 4.78 is 0. The Bertz CT molecular complexity index is 654. The molecular weight excluding hydrogens is 292 g/mol. The Kier molecular flexibility index (Phi) is 3.94. The lowest BCUT2D eigenvalue weighted by Gasteiger charge is -2.13. The van der Waals surface area contributed by atoms with Crippen molar-refractivity contribution in [1.29, 1.82) is 0 Å². The van der Waals surface area contributed by atoms with Crippen LogP contribution in [0.1, 0.15) is 36.6 Å². The van der Waals surface area contributed by atoms with E-state index in [-0.39, 0.29) is 0 Å². The fraction of sp³-hybridized carbons (Fsp3) is 0.500. The maximum absolute atomic E-state index is 11.2. The van der Waals surface area contributed by atoms with Crippen molar-refractivity contribution < 1.29 is 9.90 Å². The molecule has 0 aromatic carbocycles. The van der Waals surface area contributed by atoms with E-state index in [9.17, 15) is 9.90 Å². The first-order valence-corrected chi connectivity index (χ1v) is 8.55. The molecule has 2 aromatic heterocycles. The Hall–Kier alpha value is -1.14. The van der Waals surface area contributed by atoms with Crippen molar-refractivity contribution in [3.63, 3.8) is 0 Å². The summed E-state index contributed by atoms with van der Waals surface area (Å²) in [6, 6.07) is 0. The van der Waals surface area contributed by atoms with Gasteiger partial charge in [-0.3, -0.25) is 4.79 Å². The van der Waals surface area contributed by atoms with Crippen LogP contribution < -0.4 is 0 Å². The first-order chi connectivity index (χ1) is 9.70. The van der Waals surface area contributed by atoms with Gasteiger partial charge < -0.3 is 5.11 Å². The van der Waals surface area contributed by atoms with Gasteiger partial charge in [-0.05, 0) is 37.7 Å². The summed E-state index contributed by atoms with van der Waals surface area (Å²) in [5.74, 6) is -0.770. The summed E-state index contributed by atoms with van der Waals surface area (Å²) in [7, 11) is 0. The van der Waals surface area contributed by atoms with Crippen LogP contribution in [0, 0.1) is 0 Å². The minimum absolute atomic E-state index is 0.438. The highest BCUT2D eigenvalue weighted by atomic mass is 32.2. The van der Waals surface area contributed by atoms with Crippen molar-refractivity contribution in [2.24, 2.45) is 0 Å². The van der Waals surface area contributed by atoms with Crippen LogP contribution in [0.25, 0.3) is 10.2 Å². The van der Waals surface area contributed by atoms with E-state index < -0.39 is 11.2 Å². The van der Waals surface area contributed by atoms with E-state index in [1.807, 2.05) is 6.92 Å². The predicted molar refractivity (Wildman–Crippen MR) is 81.6 cm³/mol. The summed E-state index contributed by atoms with van der Waals surface area (Å²) in [6.07, 6.45) is 6.78. The Morgan fingerprint density at radius 3 is 3.00 bits per heavy atom. The molecule has 0 saturated heterocycles. The Morgan fingerprint density at radius 1 is 1.45 bits per heavy atom. The molecule has 1 N–H and O–H groups in total. The quantitative estimate of drug-likeness (QED) is 0.691. The van der Waals surface area contributed by atoms with Gasteiger partial charge in [0.05, 0.1) is 0 Å². The molecule has 2 aromatic rings. The molecule has 1 atom stereocenters. The number of hydrogen-bond acceptors (Lipinski definition) is 5. The van der Waals surface area contributed by atoms with Gasteiger partial charge in [-0.2, -0.15) is 0 Å². The van der Waals surface area contributed by atoms with E-state index in [1.165, 1.54) is 35.0 Å². The van der Waals surface area contributed by atoms with Crippen LogP contribution in [0.5, 0.6) is 0 Å². The van der Waals surface area contributed by atoms with Gasteiger partial charge in [-0.1, -0.05) is 18.7 Å². The molecule has 0 spiro atoms. The average molecular weight is 308 g/mol. The molecule has 2 heterocycles. The van der Waals surface area contributed by atoms with Crippen molar-refractivity contribution in [2.45, 2.75) is 49.3 Å². The van der Waals surface area contributed by atoms with Crippen LogP contribution in [-0.2, 0) is 17.6 Å². The smallest absolute Gasteiger partial charge is 0.317 e. The third-order valence-electron chi connectivity index (χ3n) is 3.62. The molecule has 0 amide bonds. The van der Waals surface area contributed by atoms with Gasteiger partial charge in [0, 0.05) is 10.3 Å². The van der Waals surface area contributed by atoms with Crippen molar-refractivity contribution in [2.75, 3.05) is 0 Å². The van der Waals surface area contributed by atoms with Gasteiger partial charge in [0.1, 0.15) is 21.4 Å². The van der Waals surface area contributed by atoms with Crippen LogP contribution in [-0.4, -0.2) is 26.3 Å². The number of carbonyl (C=O) groups is 1. The van der Waals surface area contributed by atoms with E-state index in [0.717, 1.165) is 28.1 Å². The number of rotatable bonds is 4. The average Bonchev–Trinajstić information content (AvgIpc) is 2.83. The van der Waals surface area contributed by atoms with Crippen LogP contribution in [0.3, 0.4) is 0 Å². The van der Waals surface area contributed by atoms with Gasteiger partial charge in [0.2, 0.25) is 0 Å². The van der Waals surface area contributed by atoms with E-state index in [1.54, 1.807) is 17.7 Å². The minimum atomic E-state index is -0.770. The largest absolute Gasteiger partial charge is 0.480 e. The van der Waals surface area contributed by atoms with Gasteiger partial charge in [0.25, 0.3) is 0 Å². The number of aromatic nitrogens is 2. The van der Waals surface area contributed by atoms with E-state index in [2.05, 4.69) is 9.97 Å². The maximum Gasteiger partial charge on any atom is 0.317 e. The SMILES string of the molecule is CC[C@H](Sc1ncnc2sc3c(c12)CCCC3)C(=O)O. The molecule has 6 heteroatoms. The topological polar surface area (TPSA) is 63.1 Å². The zero-order valence-corrected chi connectivity index (χ0v) is 12.9. The Labute approximate surface area is 125 Å². The van der Waals surface area contributed by atoms with Gasteiger partial charge in [-0.25, -0.2) is 9.97 Å². The number of carboxylic acids is 1. The molecule has 0 aliphatic heterocycles. The summed E-state index contributed by atoms with van der Waals surface area (Å²) in [4.78, 5) is 22.4. The Morgan fingerprint density at radius 2 is 2.25 bits per heavy atom. The molecule has 0 saturated carbocycles. The second-order valence-corrected chi connectivity index (χ2v) is 7.20. The molecule has 106 valence electrons. The van der Waals surface area contributed by atoms with Crippen molar-refractivity contribution in [3.8, 4) is 0 Å². The minimum Gasteiger partial charge on any atom is -0.480 e. The zero-order chi connectivity index (χ0) is 14.1. The van der Waals surface area contributed by atoms with E-state index >= 15 is 0 Å². The Balaban J connectivity index is 2.06. The monoisotopic (exact) mass is 308 g/mol. The summed E-state index contributed by atoms with van der Waals surface area (Å²) >= 11 is 3.10.